The molecule has 0 saturated heterocycles. The number of carboxylic acid groups (broad SMARTS) is 1. The van der Waals surface area contributed by atoms with Crippen molar-refractivity contribution < 1.29 is 9.90 Å². The molecule has 0 aliphatic carbocycles. The summed E-state index contributed by atoms with van der Waals surface area (Å²) in [7, 11) is 0. The summed E-state index contributed by atoms with van der Waals surface area (Å²) in [6.07, 6.45) is 3.80. The van der Waals surface area contributed by atoms with E-state index in [0.717, 1.165) is 10.9 Å². The van der Waals surface area contributed by atoms with E-state index in [1.165, 1.54) is 0 Å². The molecule has 15 heavy (non-hydrogen) atoms. The maximum atomic E-state index is 10.6. The Morgan fingerprint density at radius 3 is 2.87 bits per heavy atom. The zero-order valence-corrected chi connectivity index (χ0v) is 10.3. The highest BCUT2D eigenvalue weighted by molar-refractivity contribution is 9.09. The molecule has 0 bridgehead atoms. The van der Waals surface area contributed by atoms with Crippen molar-refractivity contribution in [2.24, 2.45) is 0 Å². The lowest BCUT2D eigenvalue weighted by Gasteiger charge is -2.02. The van der Waals surface area contributed by atoms with Crippen LogP contribution < -0.4 is 0 Å². The van der Waals surface area contributed by atoms with Crippen LogP contribution in [0, 0.1) is 0 Å². The molecule has 4 heteroatoms. The van der Waals surface area contributed by atoms with Crippen LogP contribution in [0.3, 0.4) is 0 Å². The molecule has 1 rings (SSSR count). The van der Waals surface area contributed by atoms with E-state index in [0.29, 0.717) is 10.6 Å². The Kier molecular flexibility index (Phi) is 4.85. The Morgan fingerprint density at radius 2 is 2.27 bits per heavy atom. The van der Waals surface area contributed by atoms with Crippen molar-refractivity contribution in [3.8, 4) is 0 Å². The lowest BCUT2D eigenvalue weighted by Crippen LogP contribution is -2.00. The Labute approximate surface area is 102 Å². The topological polar surface area (TPSA) is 37.3 Å². The quantitative estimate of drug-likeness (QED) is 0.863. The molecule has 0 radical (unpaired) electrons. The van der Waals surface area contributed by atoms with Crippen molar-refractivity contribution in [2.45, 2.75) is 6.42 Å². The van der Waals surface area contributed by atoms with Crippen LogP contribution in [-0.2, 0) is 11.2 Å². The van der Waals surface area contributed by atoms with E-state index >= 15 is 0 Å². The molecule has 1 aromatic rings. The molecule has 1 N–H and O–H groups in total. The average Bonchev–Trinajstić information content (AvgIpc) is 2.18. The SMILES string of the molecule is O=C(O)Cc1cc(C=CCBr)ccc1Cl. The lowest BCUT2D eigenvalue weighted by molar-refractivity contribution is -0.136. The van der Waals surface area contributed by atoms with E-state index in [4.69, 9.17) is 16.7 Å². The van der Waals surface area contributed by atoms with Gasteiger partial charge in [-0.05, 0) is 23.3 Å². The highest BCUT2D eigenvalue weighted by Gasteiger charge is 2.05. The van der Waals surface area contributed by atoms with Crippen LogP contribution in [0.1, 0.15) is 11.1 Å². The number of hydrogen-bond acceptors (Lipinski definition) is 1. The van der Waals surface area contributed by atoms with Gasteiger partial charge in [0.05, 0.1) is 6.42 Å². The van der Waals surface area contributed by atoms with Gasteiger partial charge in [0, 0.05) is 10.4 Å². The fourth-order valence-electron chi connectivity index (χ4n) is 1.18. The molecule has 1 aromatic carbocycles. The molecule has 80 valence electrons. The Morgan fingerprint density at radius 1 is 1.53 bits per heavy atom. The summed E-state index contributed by atoms with van der Waals surface area (Å²) in [5.74, 6) is -0.876. The first-order chi connectivity index (χ1) is 7.13. The van der Waals surface area contributed by atoms with Gasteiger partial charge in [-0.2, -0.15) is 0 Å². The van der Waals surface area contributed by atoms with Crippen molar-refractivity contribution in [3.63, 3.8) is 0 Å². The molecule has 0 heterocycles. The first-order valence-corrected chi connectivity index (χ1v) is 5.86. The van der Waals surface area contributed by atoms with Gasteiger partial charge in [-0.25, -0.2) is 0 Å². The summed E-state index contributed by atoms with van der Waals surface area (Å²) in [6.45, 7) is 0. The second-order valence-corrected chi connectivity index (χ2v) is 4.03. The van der Waals surface area contributed by atoms with E-state index in [2.05, 4.69) is 15.9 Å². The molecule has 0 aromatic heterocycles. The largest absolute Gasteiger partial charge is 0.481 e. The predicted octanol–water partition coefficient (Wildman–Crippen LogP) is 3.38. The second-order valence-electron chi connectivity index (χ2n) is 2.98. The summed E-state index contributed by atoms with van der Waals surface area (Å²) in [5.41, 5.74) is 1.59. The normalized spacial score (nSPS) is 10.8. The van der Waals surface area contributed by atoms with Gasteiger partial charge in [0.1, 0.15) is 0 Å². The van der Waals surface area contributed by atoms with Crippen LogP contribution in [0.25, 0.3) is 6.08 Å². The van der Waals surface area contributed by atoms with Crippen molar-refractivity contribution in [1.82, 2.24) is 0 Å². The highest BCUT2D eigenvalue weighted by atomic mass is 79.9. The van der Waals surface area contributed by atoms with Crippen LogP contribution in [0.15, 0.2) is 24.3 Å². The van der Waals surface area contributed by atoms with Gasteiger partial charge < -0.3 is 5.11 Å². The van der Waals surface area contributed by atoms with Crippen molar-refractivity contribution in [3.05, 3.63) is 40.4 Å². The Hall–Kier alpha value is -0.800. The number of alkyl halides is 1. The van der Waals surface area contributed by atoms with Gasteiger partial charge in [-0.3, -0.25) is 4.79 Å². The zero-order chi connectivity index (χ0) is 11.3. The number of halogens is 2. The number of allylic oxidation sites excluding steroid dienone is 1. The number of rotatable bonds is 4. The highest BCUT2D eigenvalue weighted by Crippen LogP contribution is 2.19. The summed E-state index contributed by atoms with van der Waals surface area (Å²) < 4.78 is 0. The van der Waals surface area contributed by atoms with Crippen molar-refractivity contribution >= 4 is 39.6 Å². The zero-order valence-electron chi connectivity index (χ0n) is 7.91. The van der Waals surface area contributed by atoms with Gasteiger partial charge in [0.25, 0.3) is 0 Å². The molecule has 0 aliphatic heterocycles. The van der Waals surface area contributed by atoms with E-state index in [1.54, 1.807) is 12.1 Å². The van der Waals surface area contributed by atoms with Gasteiger partial charge in [-0.15, -0.1) is 0 Å². The van der Waals surface area contributed by atoms with Crippen LogP contribution in [0.4, 0.5) is 0 Å². The number of benzene rings is 1. The first-order valence-electron chi connectivity index (χ1n) is 4.36. The molecule has 0 saturated carbocycles. The van der Waals surface area contributed by atoms with Gasteiger partial charge in [0.15, 0.2) is 0 Å². The molecule has 0 unspecified atom stereocenters. The van der Waals surface area contributed by atoms with Gasteiger partial charge in [0.2, 0.25) is 0 Å². The lowest BCUT2D eigenvalue weighted by atomic mass is 10.1. The molecule has 0 fully saturated rings. The summed E-state index contributed by atoms with van der Waals surface area (Å²) in [4.78, 5) is 10.6. The Balaban J connectivity index is 2.94. The first kappa shape index (κ1) is 12.3. The maximum Gasteiger partial charge on any atom is 0.307 e. The van der Waals surface area contributed by atoms with Crippen LogP contribution in [0.2, 0.25) is 5.02 Å². The summed E-state index contributed by atoms with van der Waals surface area (Å²) in [5, 5.41) is 9.94. The van der Waals surface area contributed by atoms with Crippen molar-refractivity contribution in [2.75, 3.05) is 5.33 Å². The maximum absolute atomic E-state index is 10.6. The number of carbonyl (C=O) groups is 1. The van der Waals surface area contributed by atoms with Gasteiger partial charge >= 0.3 is 5.97 Å². The minimum Gasteiger partial charge on any atom is -0.481 e. The third-order valence-electron chi connectivity index (χ3n) is 1.81. The average molecular weight is 290 g/mol. The second kappa shape index (κ2) is 5.93. The van der Waals surface area contributed by atoms with Crippen LogP contribution in [-0.4, -0.2) is 16.4 Å². The van der Waals surface area contributed by atoms with E-state index in [1.807, 2.05) is 18.2 Å². The minimum atomic E-state index is -0.876. The predicted molar refractivity (Wildman–Crippen MR) is 65.6 cm³/mol. The third kappa shape index (κ3) is 4.06. The minimum absolute atomic E-state index is 0.0468. The molecule has 0 aliphatic rings. The standard InChI is InChI=1S/C11H10BrClO2/c12-5-1-2-8-3-4-10(13)9(6-8)7-11(14)15/h1-4,6H,5,7H2,(H,14,15). The number of hydrogen-bond donors (Lipinski definition) is 1. The monoisotopic (exact) mass is 288 g/mol. The van der Waals surface area contributed by atoms with E-state index in [9.17, 15) is 4.79 Å². The number of aliphatic carboxylic acids is 1. The number of carboxylic acids is 1. The molecule has 0 atom stereocenters. The molecular formula is C11H10BrClO2. The van der Waals surface area contributed by atoms with Crippen LogP contribution in [0.5, 0.6) is 0 Å². The van der Waals surface area contributed by atoms with Gasteiger partial charge in [-0.1, -0.05) is 45.7 Å². The fraction of sp³-hybridized carbons (Fsp3) is 0.182. The molecule has 2 nitrogen and oxygen atoms in total. The molecular weight excluding hydrogens is 279 g/mol. The molecule has 0 amide bonds. The van der Waals surface area contributed by atoms with E-state index < -0.39 is 5.97 Å². The van der Waals surface area contributed by atoms with E-state index in [-0.39, 0.29) is 6.42 Å². The Bertz CT molecular complexity index is 388. The fourth-order valence-corrected chi connectivity index (χ4v) is 1.55. The third-order valence-corrected chi connectivity index (χ3v) is 2.55. The summed E-state index contributed by atoms with van der Waals surface area (Å²) >= 11 is 9.15. The molecule has 0 spiro atoms. The van der Waals surface area contributed by atoms with Crippen LogP contribution >= 0.6 is 27.5 Å². The summed E-state index contributed by atoms with van der Waals surface area (Å²) in [6, 6.07) is 5.36. The smallest absolute Gasteiger partial charge is 0.307 e. The van der Waals surface area contributed by atoms with Crippen molar-refractivity contribution in [1.29, 1.82) is 0 Å².